The van der Waals surface area contributed by atoms with Crippen LogP contribution in [0, 0.1) is 0 Å². The molecular formula is C24H26ClN5OS. The standard InChI is InChI=1S/C24H26ClN5OS/c1-3-12-29(13-4-2)21(31)16-32-24-26-23-22(27-28-24)19-10-5-6-11-20(19)30(23)15-17-8-7-9-18(25)14-17/h5-11,14H,3-4,12-13,15-16H2,1-2H3. The monoisotopic (exact) mass is 467 g/mol. The molecule has 0 N–H and O–H groups in total. The van der Waals surface area contributed by atoms with Crippen molar-refractivity contribution in [3.63, 3.8) is 0 Å². The van der Waals surface area contributed by atoms with Gasteiger partial charge in [-0.3, -0.25) is 4.79 Å². The van der Waals surface area contributed by atoms with Gasteiger partial charge >= 0.3 is 0 Å². The molecule has 8 heteroatoms. The number of aromatic nitrogens is 4. The first-order chi connectivity index (χ1) is 15.6. The molecule has 1 amide bonds. The van der Waals surface area contributed by atoms with Gasteiger partial charge in [0.1, 0.15) is 5.52 Å². The maximum Gasteiger partial charge on any atom is 0.233 e. The van der Waals surface area contributed by atoms with Gasteiger partial charge < -0.3 is 9.47 Å². The lowest BCUT2D eigenvalue weighted by molar-refractivity contribution is -0.128. The molecule has 0 aliphatic rings. The second-order valence-electron chi connectivity index (χ2n) is 7.67. The second kappa shape index (κ2) is 10.3. The number of carbonyl (C=O) groups excluding carboxylic acids is 1. The van der Waals surface area contributed by atoms with Crippen LogP contribution in [0.3, 0.4) is 0 Å². The molecule has 0 atom stereocenters. The minimum absolute atomic E-state index is 0.113. The van der Waals surface area contributed by atoms with Crippen molar-refractivity contribution in [1.29, 1.82) is 0 Å². The summed E-state index contributed by atoms with van der Waals surface area (Å²) in [6.45, 7) is 6.34. The van der Waals surface area contributed by atoms with E-state index in [9.17, 15) is 4.79 Å². The Morgan fingerprint density at radius 2 is 1.84 bits per heavy atom. The van der Waals surface area contributed by atoms with Crippen molar-refractivity contribution < 1.29 is 4.79 Å². The van der Waals surface area contributed by atoms with Gasteiger partial charge in [-0.25, -0.2) is 4.98 Å². The summed E-state index contributed by atoms with van der Waals surface area (Å²) in [6, 6.07) is 15.9. The van der Waals surface area contributed by atoms with Gasteiger partial charge in [0, 0.05) is 30.0 Å². The van der Waals surface area contributed by atoms with Gasteiger partial charge in [-0.1, -0.05) is 67.5 Å². The highest BCUT2D eigenvalue weighted by Gasteiger charge is 2.17. The summed E-state index contributed by atoms with van der Waals surface area (Å²) < 4.78 is 2.14. The molecule has 0 aliphatic carbocycles. The van der Waals surface area contributed by atoms with Crippen LogP contribution in [-0.2, 0) is 11.3 Å². The first kappa shape index (κ1) is 22.6. The SMILES string of the molecule is CCCN(CCC)C(=O)CSc1nnc2c3ccccc3n(Cc3cccc(Cl)c3)c2n1. The minimum Gasteiger partial charge on any atom is -0.342 e. The van der Waals surface area contributed by atoms with E-state index in [1.54, 1.807) is 0 Å². The molecular weight excluding hydrogens is 442 g/mol. The number of benzene rings is 2. The number of hydrogen-bond donors (Lipinski definition) is 0. The molecule has 2 aromatic heterocycles. The van der Waals surface area contributed by atoms with E-state index in [0.29, 0.717) is 22.5 Å². The number of hydrogen-bond acceptors (Lipinski definition) is 5. The van der Waals surface area contributed by atoms with Gasteiger partial charge in [-0.05, 0) is 36.6 Å². The maximum atomic E-state index is 12.7. The van der Waals surface area contributed by atoms with E-state index in [-0.39, 0.29) is 5.91 Å². The summed E-state index contributed by atoms with van der Waals surface area (Å²) in [5, 5.41) is 11.0. The van der Waals surface area contributed by atoms with Crippen LogP contribution in [0.2, 0.25) is 5.02 Å². The first-order valence-corrected chi connectivity index (χ1v) is 12.2. The molecule has 0 saturated heterocycles. The quantitative estimate of drug-likeness (QED) is 0.307. The number of amides is 1. The number of nitrogens with zero attached hydrogens (tertiary/aromatic N) is 5. The van der Waals surface area contributed by atoms with E-state index in [4.69, 9.17) is 16.6 Å². The summed E-state index contributed by atoms with van der Waals surface area (Å²) in [7, 11) is 0. The van der Waals surface area contributed by atoms with E-state index in [0.717, 1.165) is 53.6 Å². The molecule has 0 bridgehead atoms. The Labute approximate surface area is 197 Å². The fourth-order valence-corrected chi connectivity index (χ4v) is 4.74. The van der Waals surface area contributed by atoms with Crippen molar-refractivity contribution in [3.05, 3.63) is 59.1 Å². The zero-order valence-electron chi connectivity index (χ0n) is 18.3. The summed E-state index contributed by atoms with van der Waals surface area (Å²) in [5.41, 5.74) is 3.64. The molecule has 166 valence electrons. The molecule has 6 nitrogen and oxygen atoms in total. The number of halogens is 1. The highest BCUT2D eigenvalue weighted by molar-refractivity contribution is 7.99. The third kappa shape index (κ3) is 4.89. The van der Waals surface area contributed by atoms with E-state index in [1.807, 2.05) is 47.4 Å². The van der Waals surface area contributed by atoms with Crippen molar-refractivity contribution in [1.82, 2.24) is 24.6 Å². The van der Waals surface area contributed by atoms with Crippen LogP contribution in [0.5, 0.6) is 0 Å². The number of rotatable bonds is 9. The predicted octanol–water partition coefficient (Wildman–Crippen LogP) is 5.42. The predicted molar refractivity (Wildman–Crippen MR) is 131 cm³/mol. The Morgan fingerprint density at radius 1 is 1.06 bits per heavy atom. The van der Waals surface area contributed by atoms with E-state index >= 15 is 0 Å². The summed E-state index contributed by atoms with van der Waals surface area (Å²) >= 11 is 7.54. The van der Waals surface area contributed by atoms with Gasteiger partial charge in [-0.2, -0.15) is 0 Å². The number of thioether (sulfide) groups is 1. The fourth-order valence-electron chi connectivity index (χ4n) is 3.85. The summed E-state index contributed by atoms with van der Waals surface area (Å²) in [4.78, 5) is 19.4. The molecule has 32 heavy (non-hydrogen) atoms. The molecule has 0 fully saturated rings. The third-order valence-electron chi connectivity index (χ3n) is 5.25. The van der Waals surface area contributed by atoms with E-state index in [2.05, 4.69) is 34.7 Å². The smallest absolute Gasteiger partial charge is 0.233 e. The number of para-hydroxylation sites is 1. The van der Waals surface area contributed by atoms with Gasteiger partial charge in [0.2, 0.25) is 11.1 Å². The average molecular weight is 468 g/mol. The molecule has 2 aromatic carbocycles. The largest absolute Gasteiger partial charge is 0.342 e. The van der Waals surface area contributed by atoms with Crippen LogP contribution in [0.25, 0.3) is 22.1 Å². The van der Waals surface area contributed by atoms with Gasteiger partial charge in [0.15, 0.2) is 5.65 Å². The number of carbonyl (C=O) groups is 1. The average Bonchev–Trinajstić information content (AvgIpc) is 3.10. The van der Waals surface area contributed by atoms with Crippen molar-refractivity contribution in [3.8, 4) is 0 Å². The molecule has 0 saturated carbocycles. The molecule has 0 unspecified atom stereocenters. The molecule has 0 radical (unpaired) electrons. The zero-order valence-corrected chi connectivity index (χ0v) is 19.9. The lowest BCUT2D eigenvalue weighted by atomic mass is 10.2. The highest BCUT2D eigenvalue weighted by Crippen LogP contribution is 2.28. The second-order valence-corrected chi connectivity index (χ2v) is 9.05. The van der Waals surface area contributed by atoms with Crippen molar-refractivity contribution in [2.45, 2.75) is 38.4 Å². The van der Waals surface area contributed by atoms with Crippen LogP contribution < -0.4 is 0 Å². The Kier molecular flexibility index (Phi) is 7.27. The van der Waals surface area contributed by atoms with Crippen molar-refractivity contribution in [2.75, 3.05) is 18.8 Å². The van der Waals surface area contributed by atoms with E-state index in [1.165, 1.54) is 11.8 Å². The summed E-state index contributed by atoms with van der Waals surface area (Å²) in [6.07, 6.45) is 1.90. The Morgan fingerprint density at radius 3 is 2.59 bits per heavy atom. The normalized spacial score (nSPS) is 11.3. The van der Waals surface area contributed by atoms with Crippen LogP contribution in [0.15, 0.2) is 53.7 Å². The lowest BCUT2D eigenvalue weighted by Crippen LogP contribution is -2.33. The molecule has 0 spiro atoms. The van der Waals surface area contributed by atoms with Gasteiger partial charge in [0.05, 0.1) is 11.3 Å². The third-order valence-corrected chi connectivity index (χ3v) is 6.31. The lowest BCUT2D eigenvalue weighted by Gasteiger charge is -2.20. The molecule has 0 aliphatic heterocycles. The maximum absolute atomic E-state index is 12.7. The molecule has 4 rings (SSSR count). The highest BCUT2D eigenvalue weighted by atomic mass is 35.5. The Balaban J connectivity index is 1.65. The van der Waals surface area contributed by atoms with Crippen LogP contribution in [0.4, 0.5) is 0 Å². The molecule has 2 heterocycles. The van der Waals surface area contributed by atoms with Crippen LogP contribution in [-0.4, -0.2) is 49.4 Å². The Hall–Kier alpha value is -2.64. The first-order valence-electron chi connectivity index (χ1n) is 10.9. The van der Waals surface area contributed by atoms with Gasteiger partial charge in [-0.15, -0.1) is 10.2 Å². The van der Waals surface area contributed by atoms with E-state index < -0.39 is 0 Å². The topological polar surface area (TPSA) is 63.9 Å². The minimum atomic E-state index is 0.113. The van der Waals surface area contributed by atoms with Crippen molar-refractivity contribution >= 4 is 51.3 Å². The van der Waals surface area contributed by atoms with Crippen LogP contribution in [0.1, 0.15) is 32.3 Å². The van der Waals surface area contributed by atoms with Crippen molar-refractivity contribution in [2.24, 2.45) is 0 Å². The summed E-state index contributed by atoms with van der Waals surface area (Å²) in [5.74, 6) is 0.420. The van der Waals surface area contributed by atoms with Crippen LogP contribution >= 0.6 is 23.4 Å². The zero-order chi connectivity index (χ0) is 22.5. The fraction of sp³-hybridized carbons (Fsp3) is 0.333. The Bertz CT molecular complexity index is 1240. The van der Waals surface area contributed by atoms with Gasteiger partial charge in [0.25, 0.3) is 0 Å². The number of fused-ring (bicyclic) bond motifs is 3. The molecule has 4 aromatic rings.